The Morgan fingerprint density at radius 1 is 1.22 bits per heavy atom. The number of benzene rings is 1. The summed E-state index contributed by atoms with van der Waals surface area (Å²) in [5, 5.41) is 18.6. The van der Waals surface area contributed by atoms with Crippen molar-refractivity contribution in [1.29, 1.82) is 0 Å². The lowest BCUT2D eigenvalue weighted by Gasteiger charge is -2.06. The third kappa shape index (κ3) is 2.00. The minimum Gasteiger partial charge on any atom is -0.339 e. The van der Waals surface area contributed by atoms with Crippen molar-refractivity contribution in [3.05, 3.63) is 42.0 Å². The summed E-state index contributed by atoms with van der Waals surface area (Å²) in [6.07, 6.45) is 1.01. The number of nitrogens with one attached hydrogen (secondary N) is 1. The molecule has 0 radical (unpaired) electrons. The van der Waals surface area contributed by atoms with Gasteiger partial charge in [0, 0.05) is 5.69 Å². The number of anilines is 2. The van der Waals surface area contributed by atoms with E-state index in [1.165, 1.54) is 10.2 Å². The molecule has 18 heavy (non-hydrogen) atoms. The van der Waals surface area contributed by atoms with E-state index in [2.05, 4.69) is 45.0 Å². The predicted octanol–water partition coefficient (Wildman–Crippen LogP) is 1.83. The first kappa shape index (κ1) is 10.6. The number of rotatable bonds is 3. The van der Waals surface area contributed by atoms with Gasteiger partial charge in [0.2, 0.25) is 0 Å². The zero-order valence-corrected chi connectivity index (χ0v) is 9.91. The Kier molecular flexibility index (Phi) is 2.60. The van der Waals surface area contributed by atoms with E-state index >= 15 is 0 Å². The average Bonchev–Trinajstić information content (AvgIpc) is 2.86. The molecule has 0 saturated carbocycles. The molecule has 0 atom stereocenters. The molecule has 0 saturated heterocycles. The molecule has 3 aromatic rings. The van der Waals surface area contributed by atoms with Gasteiger partial charge in [-0.2, -0.15) is 0 Å². The Hall–Kier alpha value is -2.50. The minimum atomic E-state index is 0.628. The van der Waals surface area contributed by atoms with Crippen LogP contribution in [0.1, 0.15) is 12.5 Å². The zero-order valence-electron chi connectivity index (χ0n) is 9.91. The van der Waals surface area contributed by atoms with Crippen molar-refractivity contribution in [1.82, 2.24) is 25.3 Å². The van der Waals surface area contributed by atoms with Crippen LogP contribution < -0.4 is 5.32 Å². The van der Waals surface area contributed by atoms with E-state index in [0.29, 0.717) is 11.5 Å². The number of hydrogen-bond acceptors (Lipinski definition) is 5. The molecule has 0 bridgehead atoms. The van der Waals surface area contributed by atoms with Crippen molar-refractivity contribution >= 4 is 17.2 Å². The zero-order chi connectivity index (χ0) is 12.4. The van der Waals surface area contributed by atoms with E-state index in [1.54, 1.807) is 0 Å². The van der Waals surface area contributed by atoms with Gasteiger partial charge in [0.05, 0.1) is 0 Å². The van der Waals surface area contributed by atoms with Gasteiger partial charge < -0.3 is 5.32 Å². The number of nitrogens with zero attached hydrogens (tertiary/aromatic N) is 5. The van der Waals surface area contributed by atoms with Gasteiger partial charge in [-0.1, -0.05) is 19.1 Å². The first-order valence-electron chi connectivity index (χ1n) is 5.76. The standard InChI is InChI=1S/C12H12N6/c1-2-9-4-3-5-10(8-9)13-11-6-7-12-14-16-17-18(12)15-11/h3-8H,2H2,1H3,(H,13,15). The fourth-order valence-corrected chi connectivity index (χ4v) is 1.73. The van der Waals surface area contributed by atoms with Crippen LogP contribution in [0.5, 0.6) is 0 Å². The summed E-state index contributed by atoms with van der Waals surface area (Å²) in [4.78, 5) is 0. The highest BCUT2D eigenvalue weighted by Crippen LogP contribution is 2.16. The average molecular weight is 240 g/mol. The summed E-state index contributed by atoms with van der Waals surface area (Å²) in [6, 6.07) is 11.9. The van der Waals surface area contributed by atoms with Crippen LogP contribution in [0.4, 0.5) is 11.5 Å². The molecule has 3 rings (SSSR count). The van der Waals surface area contributed by atoms with Gasteiger partial charge in [0.15, 0.2) is 11.5 Å². The Balaban J connectivity index is 1.90. The first-order valence-corrected chi connectivity index (χ1v) is 5.76. The third-order valence-corrected chi connectivity index (χ3v) is 2.68. The monoisotopic (exact) mass is 240 g/mol. The van der Waals surface area contributed by atoms with Crippen molar-refractivity contribution in [3.63, 3.8) is 0 Å². The summed E-state index contributed by atoms with van der Waals surface area (Å²) in [7, 11) is 0. The number of hydrogen-bond donors (Lipinski definition) is 1. The van der Waals surface area contributed by atoms with E-state index in [4.69, 9.17) is 0 Å². The van der Waals surface area contributed by atoms with Crippen LogP contribution in [0, 0.1) is 0 Å². The van der Waals surface area contributed by atoms with Gasteiger partial charge in [-0.3, -0.25) is 0 Å². The summed E-state index contributed by atoms with van der Waals surface area (Å²) in [6.45, 7) is 2.13. The Labute approximate surface area is 104 Å². The maximum atomic E-state index is 4.26. The van der Waals surface area contributed by atoms with Crippen LogP contribution in [0.2, 0.25) is 0 Å². The lowest BCUT2D eigenvalue weighted by atomic mass is 10.1. The number of tetrazole rings is 1. The largest absolute Gasteiger partial charge is 0.339 e. The lowest BCUT2D eigenvalue weighted by Crippen LogP contribution is -2.00. The summed E-state index contributed by atoms with van der Waals surface area (Å²) < 4.78 is 1.39. The van der Waals surface area contributed by atoms with Crippen LogP contribution in [0.25, 0.3) is 5.65 Å². The molecule has 1 N–H and O–H groups in total. The maximum Gasteiger partial charge on any atom is 0.200 e. The lowest BCUT2D eigenvalue weighted by molar-refractivity contribution is 0.736. The van der Waals surface area contributed by atoms with E-state index in [9.17, 15) is 0 Å². The topological polar surface area (TPSA) is 68.0 Å². The molecule has 0 unspecified atom stereocenters. The van der Waals surface area contributed by atoms with Gasteiger partial charge in [-0.25, -0.2) is 0 Å². The van der Waals surface area contributed by atoms with Crippen molar-refractivity contribution in [2.45, 2.75) is 13.3 Å². The van der Waals surface area contributed by atoms with Crippen molar-refractivity contribution in [3.8, 4) is 0 Å². The molecule has 0 aliphatic heterocycles. The molecule has 0 aliphatic carbocycles. The van der Waals surface area contributed by atoms with Crippen LogP contribution >= 0.6 is 0 Å². The van der Waals surface area contributed by atoms with Gasteiger partial charge in [-0.15, -0.1) is 14.8 Å². The molecule has 2 aromatic heterocycles. The summed E-state index contributed by atoms with van der Waals surface area (Å²) in [5.41, 5.74) is 2.92. The highest BCUT2D eigenvalue weighted by atomic mass is 15.6. The highest BCUT2D eigenvalue weighted by molar-refractivity contribution is 5.57. The summed E-state index contributed by atoms with van der Waals surface area (Å²) in [5.74, 6) is 0.711. The van der Waals surface area contributed by atoms with E-state index in [1.807, 2.05) is 24.3 Å². The van der Waals surface area contributed by atoms with E-state index < -0.39 is 0 Å². The molecule has 2 heterocycles. The molecular formula is C12H12N6. The molecule has 6 heteroatoms. The second-order valence-corrected chi connectivity index (χ2v) is 3.92. The third-order valence-electron chi connectivity index (χ3n) is 2.68. The number of fused-ring (bicyclic) bond motifs is 1. The van der Waals surface area contributed by atoms with Crippen LogP contribution in [-0.4, -0.2) is 25.3 Å². The summed E-state index contributed by atoms with van der Waals surface area (Å²) >= 11 is 0. The molecule has 1 aromatic carbocycles. The second kappa shape index (κ2) is 4.40. The Bertz CT molecular complexity index is 675. The molecule has 0 fully saturated rings. The first-order chi connectivity index (χ1) is 8.85. The molecule has 0 spiro atoms. The molecule has 6 nitrogen and oxygen atoms in total. The fraction of sp³-hybridized carbons (Fsp3) is 0.167. The van der Waals surface area contributed by atoms with Crippen molar-refractivity contribution in [2.75, 3.05) is 5.32 Å². The van der Waals surface area contributed by atoms with Crippen LogP contribution in [-0.2, 0) is 6.42 Å². The highest BCUT2D eigenvalue weighted by Gasteiger charge is 2.01. The van der Waals surface area contributed by atoms with E-state index in [-0.39, 0.29) is 0 Å². The predicted molar refractivity (Wildman–Crippen MR) is 67.7 cm³/mol. The molecule has 90 valence electrons. The molecular weight excluding hydrogens is 228 g/mol. The smallest absolute Gasteiger partial charge is 0.200 e. The van der Waals surface area contributed by atoms with E-state index in [0.717, 1.165) is 12.1 Å². The number of aromatic nitrogens is 5. The maximum absolute atomic E-state index is 4.26. The van der Waals surface area contributed by atoms with Crippen LogP contribution in [0.15, 0.2) is 36.4 Å². The Morgan fingerprint density at radius 2 is 2.17 bits per heavy atom. The van der Waals surface area contributed by atoms with Crippen molar-refractivity contribution in [2.24, 2.45) is 0 Å². The van der Waals surface area contributed by atoms with Crippen LogP contribution in [0.3, 0.4) is 0 Å². The number of aryl methyl sites for hydroxylation is 1. The van der Waals surface area contributed by atoms with Gasteiger partial charge in [0.25, 0.3) is 0 Å². The normalized spacial score (nSPS) is 10.7. The van der Waals surface area contributed by atoms with Gasteiger partial charge >= 0.3 is 0 Å². The molecule has 0 aliphatic rings. The van der Waals surface area contributed by atoms with Crippen molar-refractivity contribution < 1.29 is 0 Å². The molecule has 0 amide bonds. The SMILES string of the molecule is CCc1cccc(Nc2ccc3nnnn3n2)c1. The second-order valence-electron chi connectivity index (χ2n) is 3.92. The Morgan fingerprint density at radius 3 is 3.06 bits per heavy atom. The van der Waals surface area contributed by atoms with Gasteiger partial charge in [-0.05, 0) is 46.7 Å². The minimum absolute atomic E-state index is 0.628. The van der Waals surface area contributed by atoms with Gasteiger partial charge in [0.1, 0.15) is 0 Å². The quantitative estimate of drug-likeness (QED) is 0.756. The fourth-order valence-electron chi connectivity index (χ4n) is 1.73.